The van der Waals surface area contributed by atoms with Crippen LogP contribution in [-0.2, 0) is 18.0 Å². The lowest BCUT2D eigenvalue weighted by molar-refractivity contribution is 0.0224. The Morgan fingerprint density at radius 2 is 2.08 bits per heavy atom. The maximum absolute atomic E-state index is 13.6. The number of pyridine rings is 1. The summed E-state index contributed by atoms with van der Waals surface area (Å²) in [4.78, 5) is 25.7. The second-order valence-corrected chi connectivity index (χ2v) is 6.54. The molecule has 2 aromatic heterocycles. The van der Waals surface area contributed by atoms with E-state index in [9.17, 15) is 9.18 Å². The summed E-state index contributed by atoms with van der Waals surface area (Å²) in [6, 6.07) is 7.70. The molecular weight excluding hydrogens is 355 g/mol. The summed E-state index contributed by atoms with van der Waals surface area (Å²) in [7, 11) is 0. The predicted molar refractivity (Wildman–Crippen MR) is 97.1 cm³/mol. The fourth-order valence-electron chi connectivity index (χ4n) is 2.26. The Hall–Kier alpha value is -2.84. The first-order valence-corrected chi connectivity index (χ1v) is 8.75. The molecule has 0 unspecified atom stereocenters. The zero-order chi connectivity index (χ0) is 18.4. The maximum atomic E-state index is 13.6. The first-order chi connectivity index (χ1) is 12.6. The lowest BCUT2D eigenvalue weighted by atomic mass is 10.1. The molecule has 0 aliphatic rings. The van der Waals surface area contributed by atoms with Crippen LogP contribution in [0.25, 0.3) is 0 Å². The van der Waals surface area contributed by atoms with Crippen molar-refractivity contribution in [3.63, 3.8) is 0 Å². The van der Waals surface area contributed by atoms with Gasteiger partial charge in [-0.2, -0.15) is 0 Å². The smallest absolute Gasteiger partial charge is 0.277 e. The number of nitrogens with zero attached hydrogens (tertiary/aromatic N) is 2. The van der Waals surface area contributed by atoms with E-state index in [1.165, 1.54) is 29.5 Å². The number of carbonyl (C=O) groups excluding carboxylic acids is 1. The molecule has 0 bridgehead atoms. The molecule has 0 aliphatic heterocycles. The molecule has 6 nitrogen and oxygen atoms in total. The van der Waals surface area contributed by atoms with Crippen LogP contribution in [-0.4, -0.2) is 15.9 Å². The third-order valence-corrected chi connectivity index (χ3v) is 4.33. The molecule has 3 aromatic rings. The summed E-state index contributed by atoms with van der Waals surface area (Å²) in [6.45, 7) is 2.51. The molecule has 2 heterocycles. The number of benzene rings is 1. The molecular formula is C18H17FN4O2S. The first-order valence-electron chi connectivity index (χ1n) is 7.87. The molecule has 8 heteroatoms. The van der Waals surface area contributed by atoms with Gasteiger partial charge in [-0.1, -0.05) is 0 Å². The maximum Gasteiger partial charge on any atom is 0.277 e. The van der Waals surface area contributed by atoms with E-state index in [4.69, 9.17) is 4.84 Å². The number of aryl methyl sites for hydroxylation is 1. The minimum Gasteiger partial charge on any atom is -0.380 e. The number of anilines is 1. The number of amides is 1. The van der Waals surface area contributed by atoms with Gasteiger partial charge < -0.3 is 5.32 Å². The molecule has 0 radical (unpaired) electrons. The fourth-order valence-corrected chi connectivity index (χ4v) is 2.86. The lowest BCUT2D eigenvalue weighted by Gasteiger charge is -2.12. The van der Waals surface area contributed by atoms with Gasteiger partial charge in [-0.15, -0.1) is 11.3 Å². The molecule has 134 valence electrons. The Labute approximate surface area is 154 Å². The summed E-state index contributed by atoms with van der Waals surface area (Å²) >= 11 is 1.50. The Morgan fingerprint density at radius 1 is 1.27 bits per heavy atom. The van der Waals surface area contributed by atoms with Gasteiger partial charge in [-0.05, 0) is 42.8 Å². The van der Waals surface area contributed by atoms with Crippen molar-refractivity contribution in [1.82, 2.24) is 15.4 Å². The summed E-state index contributed by atoms with van der Waals surface area (Å²) in [6.07, 6.45) is 3.37. The van der Waals surface area contributed by atoms with Gasteiger partial charge in [0.15, 0.2) is 0 Å². The molecule has 1 amide bonds. The Kier molecular flexibility index (Phi) is 5.88. The Morgan fingerprint density at radius 3 is 2.81 bits per heavy atom. The van der Waals surface area contributed by atoms with Crippen molar-refractivity contribution in [2.24, 2.45) is 0 Å². The van der Waals surface area contributed by atoms with E-state index in [2.05, 4.69) is 20.8 Å². The monoisotopic (exact) mass is 372 g/mol. The number of carbonyl (C=O) groups is 1. The largest absolute Gasteiger partial charge is 0.380 e. The van der Waals surface area contributed by atoms with Crippen LogP contribution in [0.4, 0.5) is 10.1 Å². The molecule has 0 fully saturated rings. The average molecular weight is 372 g/mol. The fraction of sp³-hybridized carbons (Fsp3) is 0.167. The van der Waals surface area contributed by atoms with E-state index in [0.29, 0.717) is 12.2 Å². The quantitative estimate of drug-likeness (QED) is 0.621. The molecule has 1 aromatic carbocycles. The van der Waals surface area contributed by atoms with Crippen LogP contribution in [0.5, 0.6) is 0 Å². The zero-order valence-electron chi connectivity index (χ0n) is 14.0. The van der Waals surface area contributed by atoms with Crippen LogP contribution < -0.4 is 10.8 Å². The Bertz CT molecular complexity index is 886. The average Bonchev–Trinajstić information content (AvgIpc) is 3.06. The van der Waals surface area contributed by atoms with Gasteiger partial charge in [-0.25, -0.2) is 14.9 Å². The highest BCUT2D eigenvalue weighted by Crippen LogP contribution is 2.18. The SMILES string of the molecule is Cc1nc(CONC(=O)c2cc(F)ccc2NCc2ccncc2)cs1. The van der Waals surface area contributed by atoms with E-state index in [1.54, 1.807) is 12.4 Å². The normalized spacial score (nSPS) is 10.5. The van der Waals surface area contributed by atoms with E-state index in [-0.39, 0.29) is 12.2 Å². The van der Waals surface area contributed by atoms with Crippen molar-refractivity contribution in [3.05, 3.63) is 75.8 Å². The number of thiazole rings is 1. The van der Waals surface area contributed by atoms with Gasteiger partial charge in [0.1, 0.15) is 12.4 Å². The van der Waals surface area contributed by atoms with Gasteiger partial charge in [-0.3, -0.25) is 14.6 Å². The van der Waals surface area contributed by atoms with Gasteiger partial charge >= 0.3 is 0 Å². The highest BCUT2D eigenvalue weighted by atomic mass is 32.1. The molecule has 0 atom stereocenters. The van der Waals surface area contributed by atoms with Crippen LogP contribution in [0.2, 0.25) is 0 Å². The molecule has 0 saturated carbocycles. The third kappa shape index (κ3) is 4.84. The Balaban J connectivity index is 1.63. The number of rotatable bonds is 7. The minimum absolute atomic E-state index is 0.144. The van der Waals surface area contributed by atoms with Gasteiger partial charge in [0.25, 0.3) is 5.91 Å². The van der Waals surface area contributed by atoms with Gasteiger partial charge in [0, 0.05) is 30.0 Å². The zero-order valence-corrected chi connectivity index (χ0v) is 14.8. The minimum atomic E-state index is -0.534. The van der Waals surface area contributed by atoms with Crippen LogP contribution in [0, 0.1) is 12.7 Å². The van der Waals surface area contributed by atoms with Crippen molar-refractivity contribution in [2.45, 2.75) is 20.1 Å². The van der Waals surface area contributed by atoms with E-state index in [0.717, 1.165) is 16.3 Å². The molecule has 26 heavy (non-hydrogen) atoms. The van der Waals surface area contributed by atoms with Crippen molar-refractivity contribution >= 4 is 22.9 Å². The number of nitrogens with one attached hydrogen (secondary N) is 2. The molecule has 0 saturated heterocycles. The molecule has 0 aliphatic carbocycles. The van der Waals surface area contributed by atoms with Crippen LogP contribution in [0.3, 0.4) is 0 Å². The number of hydrogen-bond donors (Lipinski definition) is 2. The standard InChI is InChI=1S/C18H17FN4O2S/c1-12-22-15(11-26-12)10-25-23-18(24)16-8-14(19)2-3-17(16)21-9-13-4-6-20-7-5-13/h2-8,11,21H,9-10H2,1H3,(H,23,24). The topological polar surface area (TPSA) is 76.1 Å². The highest BCUT2D eigenvalue weighted by Gasteiger charge is 2.13. The number of hydroxylamine groups is 1. The van der Waals surface area contributed by atoms with Crippen LogP contribution in [0.15, 0.2) is 48.1 Å². The predicted octanol–water partition coefficient (Wildman–Crippen LogP) is 3.46. The summed E-state index contributed by atoms with van der Waals surface area (Å²) in [5.41, 5.74) is 4.72. The highest BCUT2D eigenvalue weighted by molar-refractivity contribution is 7.09. The second-order valence-electron chi connectivity index (χ2n) is 5.48. The molecule has 3 rings (SSSR count). The number of aromatic nitrogens is 2. The second kappa shape index (κ2) is 8.50. The first kappa shape index (κ1) is 18.0. The van der Waals surface area contributed by atoms with Crippen molar-refractivity contribution in [3.8, 4) is 0 Å². The van der Waals surface area contributed by atoms with Crippen molar-refractivity contribution in [2.75, 3.05) is 5.32 Å². The number of halogens is 1. The molecule has 0 spiro atoms. The summed E-state index contributed by atoms with van der Waals surface area (Å²) < 4.78 is 13.6. The van der Waals surface area contributed by atoms with E-state index >= 15 is 0 Å². The van der Waals surface area contributed by atoms with E-state index < -0.39 is 11.7 Å². The third-order valence-electron chi connectivity index (χ3n) is 3.51. The van der Waals surface area contributed by atoms with Crippen LogP contribution >= 0.6 is 11.3 Å². The molecule has 2 N–H and O–H groups in total. The van der Waals surface area contributed by atoms with Gasteiger partial charge in [0.2, 0.25) is 0 Å². The van der Waals surface area contributed by atoms with Crippen LogP contribution in [0.1, 0.15) is 26.6 Å². The summed E-state index contributed by atoms with van der Waals surface area (Å²) in [5.74, 6) is -1.03. The summed E-state index contributed by atoms with van der Waals surface area (Å²) in [5, 5.41) is 5.90. The van der Waals surface area contributed by atoms with Gasteiger partial charge in [0.05, 0.1) is 16.3 Å². The van der Waals surface area contributed by atoms with Crippen molar-refractivity contribution in [1.29, 1.82) is 0 Å². The van der Waals surface area contributed by atoms with E-state index in [1.807, 2.05) is 24.4 Å². The lowest BCUT2D eigenvalue weighted by Crippen LogP contribution is -2.25. The number of hydrogen-bond acceptors (Lipinski definition) is 6. The van der Waals surface area contributed by atoms with Crippen molar-refractivity contribution < 1.29 is 14.0 Å².